The van der Waals surface area contributed by atoms with Crippen molar-refractivity contribution in [3.05, 3.63) is 106 Å². The molecular weight excluding hydrogens is 748 g/mol. The van der Waals surface area contributed by atoms with Crippen molar-refractivity contribution in [3.63, 3.8) is 0 Å². The molecule has 0 fully saturated rings. The van der Waals surface area contributed by atoms with Crippen LogP contribution in [0.15, 0.2) is 84.6 Å². The number of aromatic nitrogens is 3. The van der Waals surface area contributed by atoms with Gasteiger partial charge in [-0.2, -0.15) is 0 Å². The van der Waals surface area contributed by atoms with Crippen LogP contribution in [0.3, 0.4) is 0 Å². The van der Waals surface area contributed by atoms with Gasteiger partial charge in [0.05, 0.1) is 13.2 Å². The molecule has 0 spiro atoms. The Hall–Kier alpha value is -4.63. The molecule has 2 aromatic heterocycles. The number of aromatic hydroxyl groups is 1. The number of rotatable bonds is 25. The van der Waals surface area contributed by atoms with E-state index in [4.69, 9.17) is 21.1 Å². The maximum Gasteiger partial charge on any atom is 0.334 e. The predicted molar refractivity (Wildman–Crippen MR) is 238 cm³/mol. The molecule has 0 amide bonds. The van der Waals surface area contributed by atoms with Crippen molar-refractivity contribution in [2.24, 2.45) is 0 Å². The lowest BCUT2D eigenvalue weighted by atomic mass is 10.0. The molecule has 3 aromatic carbocycles. The highest BCUT2D eigenvalue weighted by Gasteiger charge is 2.26. The lowest BCUT2D eigenvalue weighted by Gasteiger charge is -2.14. The van der Waals surface area contributed by atoms with Crippen molar-refractivity contribution < 1.29 is 24.2 Å². The van der Waals surface area contributed by atoms with Crippen molar-refractivity contribution in [1.82, 2.24) is 19.0 Å². The monoisotopic (exact) mass is 814 g/mol. The quantitative estimate of drug-likeness (QED) is 0.0273. The van der Waals surface area contributed by atoms with Gasteiger partial charge in [0, 0.05) is 36.5 Å². The number of aryl methyl sites for hydroxylation is 2. The van der Waals surface area contributed by atoms with Crippen LogP contribution in [0.2, 0.25) is 5.02 Å². The molecule has 0 aliphatic carbocycles. The van der Waals surface area contributed by atoms with Gasteiger partial charge in [0.15, 0.2) is 0 Å². The van der Waals surface area contributed by atoms with Gasteiger partial charge < -0.3 is 19.5 Å². The van der Waals surface area contributed by atoms with Gasteiger partial charge in [-0.15, -0.1) is 14.1 Å². The first-order chi connectivity index (χ1) is 28.2. The van der Waals surface area contributed by atoms with Crippen LogP contribution >= 0.6 is 11.6 Å². The maximum atomic E-state index is 12.6. The summed E-state index contributed by atoms with van der Waals surface area (Å²) in [6, 6.07) is 19.7. The molecule has 5 aromatic rings. The van der Waals surface area contributed by atoms with E-state index < -0.39 is 0 Å². The summed E-state index contributed by atoms with van der Waals surface area (Å²) in [6.07, 6.45) is 21.6. The molecule has 9 nitrogen and oxygen atoms in total. The zero-order chi connectivity index (χ0) is 41.7. The van der Waals surface area contributed by atoms with E-state index >= 15 is 0 Å². The minimum absolute atomic E-state index is 0.165. The molecule has 0 unspecified atom stereocenters. The minimum atomic E-state index is -0.198. The molecule has 0 aliphatic heterocycles. The summed E-state index contributed by atoms with van der Waals surface area (Å²) in [7, 11) is 0. The molecule has 0 saturated heterocycles. The van der Waals surface area contributed by atoms with E-state index in [0.717, 1.165) is 66.5 Å². The Morgan fingerprint density at radius 3 is 2.02 bits per heavy atom. The smallest absolute Gasteiger partial charge is 0.334 e. The molecule has 316 valence electrons. The SMILES string of the molecule is CCCCCCCCOC(=O)C(=CC=CN(CC)CC)Cc1ccccc1.CCCCCCCCOC(=O)CCc1cc(C)c(O)c(-n2n3c4ccc(Cl)cc4n23)c1. The second-order valence-electron chi connectivity index (χ2n) is 15.1. The van der Waals surface area contributed by atoms with Crippen LogP contribution in [0.1, 0.15) is 128 Å². The van der Waals surface area contributed by atoms with Crippen molar-refractivity contribution in [3.8, 4) is 11.4 Å². The number of ether oxygens (including phenoxy) is 2. The van der Waals surface area contributed by atoms with E-state index in [1.165, 1.54) is 51.4 Å². The van der Waals surface area contributed by atoms with Crippen molar-refractivity contribution in [2.45, 2.75) is 131 Å². The summed E-state index contributed by atoms with van der Waals surface area (Å²) in [4.78, 5) is 28.8. The molecule has 58 heavy (non-hydrogen) atoms. The Kier molecular flexibility index (Phi) is 19.8. The van der Waals surface area contributed by atoms with Gasteiger partial charge in [-0.25, -0.2) is 4.79 Å². The zero-order valence-electron chi connectivity index (χ0n) is 35.7. The number of fused-ring (bicyclic) bond motifs is 4. The largest absolute Gasteiger partial charge is 0.505 e. The number of hydrogen-bond donors (Lipinski definition) is 1. The van der Waals surface area contributed by atoms with Crippen LogP contribution in [0, 0.1) is 6.92 Å². The highest BCUT2D eigenvalue weighted by Crippen LogP contribution is 2.34. The van der Waals surface area contributed by atoms with Crippen molar-refractivity contribution >= 4 is 34.6 Å². The molecule has 10 heteroatoms. The predicted octanol–water partition coefficient (Wildman–Crippen LogP) is 11.8. The lowest BCUT2D eigenvalue weighted by molar-refractivity contribution is -0.143. The fraction of sp³-hybridized carbons (Fsp3) is 0.500. The molecule has 0 atom stereocenters. The van der Waals surface area contributed by atoms with Crippen LogP contribution in [-0.4, -0.2) is 62.3 Å². The molecule has 0 bridgehead atoms. The molecule has 2 heterocycles. The van der Waals surface area contributed by atoms with Gasteiger partial charge in [-0.1, -0.05) is 132 Å². The van der Waals surface area contributed by atoms with Gasteiger partial charge in [-0.05, 0) is 93.3 Å². The molecule has 1 N–H and O–H groups in total. The van der Waals surface area contributed by atoms with Gasteiger partial charge in [-0.3, -0.25) is 4.79 Å². The Morgan fingerprint density at radius 2 is 1.36 bits per heavy atom. The van der Waals surface area contributed by atoms with E-state index in [1.807, 2.05) is 100.0 Å². The number of phenols is 1. The van der Waals surface area contributed by atoms with Crippen LogP contribution in [0.4, 0.5) is 0 Å². The number of hydrogen-bond acceptors (Lipinski definition) is 6. The number of nitrogens with zero attached hydrogens (tertiary/aromatic N) is 4. The fourth-order valence-electron chi connectivity index (χ4n) is 6.91. The summed E-state index contributed by atoms with van der Waals surface area (Å²) in [5.74, 6) is -0.125. The molecular formula is C48H67ClN4O5. The second kappa shape index (κ2) is 25.0. The van der Waals surface area contributed by atoms with E-state index in [-0.39, 0.29) is 17.7 Å². The number of benzene rings is 3. The minimum Gasteiger partial charge on any atom is -0.505 e. The number of halogens is 1. The summed E-state index contributed by atoms with van der Waals surface area (Å²) in [6.45, 7) is 13.5. The topological polar surface area (TPSA) is 89.8 Å². The average molecular weight is 816 g/mol. The number of allylic oxidation sites excluding steroid dienone is 2. The standard InChI is InChI=1S/C24H30ClN3O3.C24H37NO2/c1-3-4-5-6-7-8-13-31-23(29)12-9-18-14-17(2)24(30)22(15-18)28-26-20-11-10-19(25)16-21(20)27(26)28;1-4-7-8-9-10-14-20-27-24(26)23(18-15-19-25(5-2)6-3)21-22-16-12-11-13-17-22/h10-11,14-16,30H,3-9,12-13H2,1-2H3;11-13,15-19H,4-10,14,20-21H2,1-3H3. The fourth-order valence-corrected chi connectivity index (χ4v) is 7.07. The van der Waals surface area contributed by atoms with E-state index in [0.29, 0.717) is 48.8 Å². The van der Waals surface area contributed by atoms with Crippen LogP contribution in [-0.2, 0) is 31.9 Å². The first-order valence-corrected chi connectivity index (χ1v) is 22.1. The Bertz CT molecular complexity index is 2000. The Morgan fingerprint density at radius 1 is 0.741 bits per heavy atom. The first-order valence-electron chi connectivity index (χ1n) is 21.7. The third-order valence-corrected chi connectivity index (χ3v) is 10.7. The number of esters is 2. The van der Waals surface area contributed by atoms with E-state index in [2.05, 4.69) is 32.6 Å². The number of carbonyl (C=O) groups excluding carboxylic acids is 2. The summed E-state index contributed by atoms with van der Waals surface area (Å²) >= 11 is 6.10. The zero-order valence-corrected chi connectivity index (χ0v) is 36.4. The summed E-state index contributed by atoms with van der Waals surface area (Å²) in [5, 5.41) is 11.3. The third kappa shape index (κ3) is 14.3. The summed E-state index contributed by atoms with van der Waals surface area (Å²) < 4.78 is 14.8. The van der Waals surface area contributed by atoms with Crippen molar-refractivity contribution in [1.29, 1.82) is 0 Å². The maximum absolute atomic E-state index is 12.6. The molecule has 5 rings (SSSR count). The normalized spacial score (nSPS) is 11.8. The second-order valence-corrected chi connectivity index (χ2v) is 15.5. The highest BCUT2D eigenvalue weighted by molar-refractivity contribution is 6.31. The van der Waals surface area contributed by atoms with Gasteiger partial charge >= 0.3 is 11.9 Å². The molecule has 0 aliphatic rings. The van der Waals surface area contributed by atoms with Gasteiger partial charge in [0.1, 0.15) is 22.5 Å². The van der Waals surface area contributed by atoms with Gasteiger partial charge in [0.25, 0.3) is 0 Å². The molecule has 0 saturated carbocycles. The average Bonchev–Trinajstić information content (AvgIpc) is 3.90. The number of carbonyl (C=O) groups is 2. The van der Waals surface area contributed by atoms with Gasteiger partial charge in [0.2, 0.25) is 0 Å². The Labute approximate surface area is 351 Å². The summed E-state index contributed by atoms with van der Waals surface area (Å²) in [5.41, 5.74) is 6.36. The number of phenolic OH excluding ortho intramolecular Hbond substituents is 1. The third-order valence-electron chi connectivity index (χ3n) is 10.4. The van der Waals surface area contributed by atoms with Crippen LogP contribution in [0.5, 0.6) is 5.75 Å². The first kappa shape index (κ1) is 46.1. The van der Waals surface area contributed by atoms with Crippen LogP contribution in [0.25, 0.3) is 16.7 Å². The highest BCUT2D eigenvalue weighted by atomic mass is 35.5. The van der Waals surface area contributed by atoms with E-state index in [1.54, 1.807) is 0 Å². The lowest BCUT2D eigenvalue weighted by Crippen LogP contribution is -2.15. The van der Waals surface area contributed by atoms with Crippen molar-refractivity contribution in [2.75, 3.05) is 26.3 Å². The van der Waals surface area contributed by atoms with E-state index in [9.17, 15) is 14.7 Å². The molecule has 0 radical (unpaired) electrons. The number of unbranched alkanes of at least 4 members (excludes halogenated alkanes) is 10. The van der Waals surface area contributed by atoms with Crippen LogP contribution < -0.4 is 0 Å². The Balaban J connectivity index is 0.000000260.